The molecular formula is C15H15N5. The van der Waals surface area contributed by atoms with Crippen molar-refractivity contribution in [3.63, 3.8) is 0 Å². The number of hydrogen-bond acceptors (Lipinski definition) is 5. The van der Waals surface area contributed by atoms with Gasteiger partial charge < -0.3 is 5.32 Å². The molecule has 5 nitrogen and oxygen atoms in total. The lowest BCUT2D eigenvalue weighted by Crippen LogP contribution is -2.00. The topological polar surface area (TPSA) is 74.5 Å². The molecule has 5 heteroatoms. The van der Waals surface area contributed by atoms with E-state index in [0.717, 1.165) is 18.5 Å². The second-order valence-electron chi connectivity index (χ2n) is 4.18. The third-order valence-electron chi connectivity index (χ3n) is 2.67. The van der Waals surface area contributed by atoms with E-state index in [1.165, 1.54) is 6.20 Å². The lowest BCUT2D eigenvalue weighted by atomic mass is 10.2. The lowest BCUT2D eigenvalue weighted by molar-refractivity contribution is 0.952. The second kappa shape index (κ2) is 6.43. The zero-order valence-electron chi connectivity index (χ0n) is 11.3. The van der Waals surface area contributed by atoms with Crippen LogP contribution in [0.25, 0.3) is 11.2 Å². The van der Waals surface area contributed by atoms with Crippen molar-refractivity contribution >= 4 is 17.0 Å². The number of nitrogens with zero attached hydrogens (tertiary/aromatic N) is 4. The van der Waals surface area contributed by atoms with E-state index in [0.29, 0.717) is 17.0 Å². The van der Waals surface area contributed by atoms with Crippen molar-refractivity contribution in [1.82, 2.24) is 15.0 Å². The molecule has 0 amide bonds. The number of pyridine rings is 1. The van der Waals surface area contributed by atoms with Crippen LogP contribution in [-0.4, -0.2) is 15.0 Å². The fraction of sp³-hybridized carbons (Fsp3) is 0.200. The van der Waals surface area contributed by atoms with Crippen molar-refractivity contribution in [2.45, 2.75) is 19.8 Å². The van der Waals surface area contributed by atoms with Crippen LogP contribution in [0.2, 0.25) is 0 Å². The Kier molecular flexibility index (Phi) is 4.40. The lowest BCUT2D eigenvalue weighted by Gasteiger charge is -2.07. The highest BCUT2D eigenvalue weighted by Gasteiger charge is 2.03. The molecule has 0 fully saturated rings. The number of allylic oxidation sites excluding steroid dienone is 2. The van der Waals surface area contributed by atoms with Gasteiger partial charge in [0.05, 0.1) is 6.20 Å². The summed E-state index contributed by atoms with van der Waals surface area (Å²) in [5.41, 5.74) is 2.27. The minimum Gasteiger partial charge on any atom is -0.340 e. The zero-order chi connectivity index (χ0) is 14.4. The van der Waals surface area contributed by atoms with E-state index in [1.54, 1.807) is 6.08 Å². The van der Waals surface area contributed by atoms with Gasteiger partial charge in [0, 0.05) is 5.70 Å². The molecule has 2 aromatic heterocycles. The summed E-state index contributed by atoms with van der Waals surface area (Å²) in [5, 5.41) is 12.0. The number of hydrogen-bond donors (Lipinski definition) is 1. The normalized spacial score (nSPS) is 11.1. The molecular weight excluding hydrogens is 250 g/mol. The first kappa shape index (κ1) is 13.7. The maximum Gasteiger partial charge on any atom is 0.181 e. The molecule has 20 heavy (non-hydrogen) atoms. The standard InChI is InChI=1S/C15H15N5/c1-3-5-6-11(4-2)18-14-8-7-13-15(20-14)19-12(9-16)10-17-13/h4,6-8,10H,2-3,5H2,1H3,(H,18,19,20)/b11-6+. The Morgan fingerprint density at radius 2 is 2.30 bits per heavy atom. The number of rotatable bonds is 5. The average Bonchev–Trinajstić information content (AvgIpc) is 2.50. The summed E-state index contributed by atoms with van der Waals surface area (Å²) in [6, 6.07) is 5.60. The third kappa shape index (κ3) is 3.18. The van der Waals surface area contributed by atoms with Crippen molar-refractivity contribution in [1.29, 1.82) is 5.26 Å². The number of anilines is 1. The van der Waals surface area contributed by atoms with Crippen molar-refractivity contribution < 1.29 is 0 Å². The largest absolute Gasteiger partial charge is 0.340 e. The van der Waals surface area contributed by atoms with Crippen molar-refractivity contribution in [2.24, 2.45) is 0 Å². The molecule has 100 valence electrons. The maximum absolute atomic E-state index is 8.83. The van der Waals surface area contributed by atoms with Gasteiger partial charge >= 0.3 is 0 Å². The van der Waals surface area contributed by atoms with Gasteiger partial charge in [-0.1, -0.05) is 26.0 Å². The van der Waals surface area contributed by atoms with Gasteiger partial charge in [0.15, 0.2) is 11.3 Å². The van der Waals surface area contributed by atoms with Gasteiger partial charge in [0.1, 0.15) is 17.4 Å². The molecule has 0 saturated carbocycles. The van der Waals surface area contributed by atoms with Crippen LogP contribution in [0.3, 0.4) is 0 Å². The Hall–Kier alpha value is -2.74. The summed E-state index contributed by atoms with van der Waals surface area (Å²) >= 11 is 0. The van der Waals surface area contributed by atoms with Crippen LogP contribution in [0.1, 0.15) is 25.5 Å². The minimum absolute atomic E-state index is 0.257. The second-order valence-corrected chi connectivity index (χ2v) is 4.18. The predicted molar refractivity (Wildman–Crippen MR) is 78.9 cm³/mol. The first-order chi connectivity index (χ1) is 9.76. The van der Waals surface area contributed by atoms with Gasteiger partial charge in [0.25, 0.3) is 0 Å². The van der Waals surface area contributed by atoms with Crippen LogP contribution >= 0.6 is 0 Å². The highest BCUT2D eigenvalue weighted by Crippen LogP contribution is 2.14. The first-order valence-corrected chi connectivity index (χ1v) is 6.40. The molecule has 0 saturated heterocycles. The summed E-state index contributed by atoms with van der Waals surface area (Å²) in [6.45, 7) is 5.89. The highest BCUT2D eigenvalue weighted by atomic mass is 15.0. The number of aromatic nitrogens is 3. The van der Waals surface area contributed by atoms with E-state index >= 15 is 0 Å². The Bertz CT molecular complexity index is 697. The van der Waals surface area contributed by atoms with Gasteiger partial charge in [0.2, 0.25) is 0 Å². The van der Waals surface area contributed by atoms with Gasteiger partial charge in [-0.3, -0.25) is 0 Å². The van der Waals surface area contributed by atoms with Crippen molar-refractivity contribution in [2.75, 3.05) is 5.32 Å². The monoisotopic (exact) mass is 265 g/mol. The van der Waals surface area contributed by atoms with Crippen molar-refractivity contribution in [3.8, 4) is 6.07 Å². The van der Waals surface area contributed by atoms with E-state index in [-0.39, 0.29) is 5.69 Å². The highest BCUT2D eigenvalue weighted by molar-refractivity contribution is 5.72. The van der Waals surface area contributed by atoms with E-state index in [4.69, 9.17) is 5.26 Å². The molecule has 0 aliphatic heterocycles. The molecule has 0 spiro atoms. The molecule has 0 aromatic carbocycles. The maximum atomic E-state index is 8.83. The Balaban J connectivity index is 2.31. The molecule has 0 unspecified atom stereocenters. The summed E-state index contributed by atoms with van der Waals surface area (Å²) in [6.07, 6.45) is 7.30. The van der Waals surface area contributed by atoms with Gasteiger partial charge in [-0.15, -0.1) is 0 Å². The summed E-state index contributed by atoms with van der Waals surface area (Å²) < 4.78 is 0. The number of nitrogens with one attached hydrogen (secondary N) is 1. The fourth-order valence-electron chi connectivity index (χ4n) is 1.65. The molecule has 0 bridgehead atoms. The predicted octanol–water partition coefficient (Wildman–Crippen LogP) is 3.18. The van der Waals surface area contributed by atoms with Crippen LogP contribution in [0, 0.1) is 11.3 Å². The molecule has 0 aliphatic rings. The van der Waals surface area contributed by atoms with E-state index in [9.17, 15) is 0 Å². The Morgan fingerprint density at radius 1 is 1.45 bits per heavy atom. The summed E-state index contributed by atoms with van der Waals surface area (Å²) in [4.78, 5) is 12.6. The molecule has 0 aliphatic carbocycles. The Labute approximate surface area is 117 Å². The van der Waals surface area contributed by atoms with Gasteiger partial charge in [-0.2, -0.15) is 5.26 Å². The van der Waals surface area contributed by atoms with Crippen LogP contribution in [0.15, 0.2) is 42.8 Å². The summed E-state index contributed by atoms with van der Waals surface area (Å²) in [7, 11) is 0. The van der Waals surface area contributed by atoms with E-state index in [1.807, 2.05) is 18.2 Å². The number of nitriles is 1. The molecule has 1 N–H and O–H groups in total. The molecule has 2 heterocycles. The molecule has 2 rings (SSSR count). The number of fused-ring (bicyclic) bond motifs is 1. The van der Waals surface area contributed by atoms with Gasteiger partial charge in [-0.25, -0.2) is 15.0 Å². The zero-order valence-corrected chi connectivity index (χ0v) is 11.3. The third-order valence-corrected chi connectivity index (χ3v) is 2.67. The van der Waals surface area contributed by atoms with Crippen molar-refractivity contribution in [3.05, 3.63) is 48.5 Å². The fourth-order valence-corrected chi connectivity index (χ4v) is 1.65. The minimum atomic E-state index is 0.257. The average molecular weight is 265 g/mol. The van der Waals surface area contributed by atoms with Crippen LogP contribution < -0.4 is 5.32 Å². The van der Waals surface area contributed by atoms with Crippen LogP contribution in [0.4, 0.5) is 5.82 Å². The van der Waals surface area contributed by atoms with Crippen LogP contribution in [0.5, 0.6) is 0 Å². The van der Waals surface area contributed by atoms with E-state index < -0.39 is 0 Å². The molecule has 0 atom stereocenters. The van der Waals surface area contributed by atoms with Crippen LogP contribution in [-0.2, 0) is 0 Å². The first-order valence-electron chi connectivity index (χ1n) is 6.40. The van der Waals surface area contributed by atoms with Gasteiger partial charge in [-0.05, 0) is 24.6 Å². The quantitative estimate of drug-likeness (QED) is 0.840. The molecule has 0 radical (unpaired) electrons. The van der Waals surface area contributed by atoms with E-state index in [2.05, 4.69) is 39.8 Å². The summed E-state index contributed by atoms with van der Waals surface area (Å²) in [5.74, 6) is 0.657. The number of unbranched alkanes of at least 4 members (excludes halogenated alkanes) is 1. The molecule has 2 aromatic rings. The Morgan fingerprint density at radius 3 is 3.00 bits per heavy atom. The SMILES string of the molecule is C=C/C(=C\CCC)Nc1ccc2ncc(C#N)nc2n1. The smallest absolute Gasteiger partial charge is 0.181 e.